The fourth-order valence-electron chi connectivity index (χ4n) is 1.57. The van der Waals surface area contributed by atoms with Crippen molar-refractivity contribution in [2.45, 2.75) is 18.9 Å². The minimum absolute atomic E-state index is 0.0358. The topological polar surface area (TPSA) is 72.9 Å². The second-order valence-corrected chi connectivity index (χ2v) is 3.67. The number of aromatic nitrogens is 4. The largest absolute Gasteiger partial charge is 0.336 e. The molecule has 6 heteroatoms. The van der Waals surface area contributed by atoms with E-state index in [0.717, 1.165) is 25.5 Å². The summed E-state index contributed by atoms with van der Waals surface area (Å²) in [5, 5.41) is 11.3. The Kier molecular flexibility index (Phi) is 1.73. The molecule has 0 unspecified atom stereocenters. The van der Waals surface area contributed by atoms with Gasteiger partial charge in [0.05, 0.1) is 5.54 Å². The summed E-state index contributed by atoms with van der Waals surface area (Å²) < 4.78 is 1.66. The zero-order valence-corrected chi connectivity index (χ0v) is 7.93. The molecule has 1 aliphatic heterocycles. The molecular weight excluding hydrogens is 168 g/mol. The molecule has 0 saturated carbocycles. The second kappa shape index (κ2) is 2.66. The Morgan fingerprint density at radius 3 is 2.69 bits per heavy atom. The molecule has 1 aromatic rings. The summed E-state index contributed by atoms with van der Waals surface area (Å²) in [4.78, 5) is 2.09. The maximum atomic E-state index is 6.03. The van der Waals surface area contributed by atoms with Crippen molar-refractivity contribution in [3.63, 3.8) is 0 Å². The molecule has 13 heavy (non-hydrogen) atoms. The van der Waals surface area contributed by atoms with Crippen molar-refractivity contribution in [1.29, 1.82) is 0 Å². The zero-order chi connectivity index (χ0) is 9.47. The van der Waals surface area contributed by atoms with Gasteiger partial charge in [-0.15, -0.1) is 0 Å². The lowest BCUT2D eigenvalue weighted by molar-refractivity contribution is 0.315. The van der Waals surface area contributed by atoms with Crippen molar-refractivity contribution in [2.24, 2.45) is 12.8 Å². The number of aryl methyl sites for hydroxylation is 1. The molecule has 1 aliphatic rings. The highest BCUT2D eigenvalue weighted by molar-refractivity contribution is 5.36. The summed E-state index contributed by atoms with van der Waals surface area (Å²) in [6, 6.07) is 0. The third-order valence-corrected chi connectivity index (χ3v) is 2.60. The van der Waals surface area contributed by atoms with Crippen LogP contribution in [0, 0.1) is 0 Å². The molecule has 1 fully saturated rings. The highest BCUT2D eigenvalue weighted by atomic mass is 15.6. The summed E-state index contributed by atoms with van der Waals surface area (Å²) in [5.74, 6) is 0.800. The van der Waals surface area contributed by atoms with Gasteiger partial charge in [-0.3, -0.25) is 0 Å². The van der Waals surface area contributed by atoms with Crippen LogP contribution in [0.25, 0.3) is 0 Å². The van der Waals surface area contributed by atoms with E-state index in [1.165, 1.54) is 0 Å². The Bertz CT molecular complexity index is 300. The van der Waals surface area contributed by atoms with E-state index < -0.39 is 0 Å². The van der Waals surface area contributed by atoms with Gasteiger partial charge >= 0.3 is 0 Å². The number of tetrazole rings is 1. The van der Waals surface area contributed by atoms with Crippen molar-refractivity contribution < 1.29 is 0 Å². The Balaban J connectivity index is 2.05. The van der Waals surface area contributed by atoms with Crippen LogP contribution in [0.15, 0.2) is 0 Å². The van der Waals surface area contributed by atoms with E-state index in [2.05, 4.69) is 27.3 Å². The molecule has 2 rings (SSSR count). The van der Waals surface area contributed by atoms with Gasteiger partial charge in [-0.05, 0) is 16.8 Å². The number of hydrogen-bond donors (Lipinski definition) is 1. The van der Waals surface area contributed by atoms with Gasteiger partial charge in [0, 0.05) is 20.1 Å². The molecule has 2 heterocycles. The first-order chi connectivity index (χ1) is 6.14. The smallest absolute Gasteiger partial charge is 0.245 e. The molecule has 1 saturated heterocycles. The molecule has 0 aliphatic carbocycles. The van der Waals surface area contributed by atoms with Gasteiger partial charge in [-0.25, -0.2) is 4.68 Å². The SMILES string of the molecule is CCC1(N)CN(c2nnnn2C)C1. The van der Waals surface area contributed by atoms with E-state index in [0.29, 0.717) is 0 Å². The third-order valence-electron chi connectivity index (χ3n) is 2.60. The monoisotopic (exact) mass is 182 g/mol. The van der Waals surface area contributed by atoms with Crippen LogP contribution in [0.1, 0.15) is 13.3 Å². The summed E-state index contributed by atoms with van der Waals surface area (Å²) >= 11 is 0. The van der Waals surface area contributed by atoms with Gasteiger partial charge < -0.3 is 10.6 Å². The molecule has 72 valence electrons. The first-order valence-corrected chi connectivity index (χ1v) is 4.41. The van der Waals surface area contributed by atoms with Gasteiger partial charge in [0.15, 0.2) is 0 Å². The van der Waals surface area contributed by atoms with Crippen LogP contribution in [0.4, 0.5) is 5.95 Å². The summed E-state index contributed by atoms with van der Waals surface area (Å²) in [6.45, 7) is 3.79. The summed E-state index contributed by atoms with van der Waals surface area (Å²) in [6.07, 6.45) is 0.995. The molecule has 0 spiro atoms. The molecule has 1 aromatic heterocycles. The molecule has 0 radical (unpaired) electrons. The molecule has 0 bridgehead atoms. The Hall–Kier alpha value is -1.17. The van der Waals surface area contributed by atoms with Gasteiger partial charge in [0.2, 0.25) is 5.95 Å². The van der Waals surface area contributed by atoms with E-state index in [1.54, 1.807) is 4.68 Å². The third kappa shape index (κ3) is 1.27. The van der Waals surface area contributed by atoms with Gasteiger partial charge in [-0.2, -0.15) is 0 Å². The van der Waals surface area contributed by atoms with Crippen LogP contribution in [0.2, 0.25) is 0 Å². The number of anilines is 1. The summed E-state index contributed by atoms with van der Waals surface area (Å²) in [5.41, 5.74) is 5.99. The van der Waals surface area contributed by atoms with Gasteiger partial charge in [-0.1, -0.05) is 12.0 Å². The minimum Gasteiger partial charge on any atom is -0.336 e. The molecule has 6 nitrogen and oxygen atoms in total. The molecule has 0 aromatic carbocycles. The highest BCUT2D eigenvalue weighted by Crippen LogP contribution is 2.25. The molecule has 2 N–H and O–H groups in total. The van der Waals surface area contributed by atoms with Gasteiger partial charge in [0.25, 0.3) is 0 Å². The van der Waals surface area contributed by atoms with Gasteiger partial charge in [0.1, 0.15) is 0 Å². The zero-order valence-electron chi connectivity index (χ0n) is 7.93. The lowest BCUT2D eigenvalue weighted by Crippen LogP contribution is -2.67. The quantitative estimate of drug-likeness (QED) is 0.644. The van der Waals surface area contributed by atoms with Crippen molar-refractivity contribution >= 4 is 5.95 Å². The van der Waals surface area contributed by atoms with Crippen LogP contribution < -0.4 is 10.6 Å². The van der Waals surface area contributed by atoms with Crippen molar-refractivity contribution in [1.82, 2.24) is 20.2 Å². The maximum Gasteiger partial charge on any atom is 0.245 e. The first-order valence-electron chi connectivity index (χ1n) is 4.41. The van der Waals surface area contributed by atoms with E-state index in [4.69, 9.17) is 5.73 Å². The van der Waals surface area contributed by atoms with Crippen LogP contribution in [0.3, 0.4) is 0 Å². The van der Waals surface area contributed by atoms with E-state index >= 15 is 0 Å². The lowest BCUT2D eigenvalue weighted by atomic mass is 9.89. The molecular formula is C7H14N6. The average molecular weight is 182 g/mol. The van der Waals surface area contributed by atoms with E-state index in [9.17, 15) is 0 Å². The molecule has 0 atom stereocenters. The highest BCUT2D eigenvalue weighted by Gasteiger charge is 2.39. The van der Waals surface area contributed by atoms with Crippen molar-refractivity contribution in [3.8, 4) is 0 Å². The van der Waals surface area contributed by atoms with Crippen LogP contribution in [0.5, 0.6) is 0 Å². The number of hydrogen-bond acceptors (Lipinski definition) is 5. The Morgan fingerprint density at radius 2 is 2.23 bits per heavy atom. The Labute approximate surface area is 76.7 Å². The van der Waals surface area contributed by atoms with Crippen LogP contribution >= 0.6 is 0 Å². The Morgan fingerprint density at radius 1 is 1.54 bits per heavy atom. The van der Waals surface area contributed by atoms with Crippen LogP contribution in [-0.2, 0) is 7.05 Å². The second-order valence-electron chi connectivity index (χ2n) is 3.67. The van der Waals surface area contributed by atoms with E-state index in [1.807, 2.05) is 7.05 Å². The fraction of sp³-hybridized carbons (Fsp3) is 0.857. The number of nitrogens with two attached hydrogens (primary N) is 1. The number of nitrogens with zero attached hydrogens (tertiary/aromatic N) is 5. The maximum absolute atomic E-state index is 6.03. The average Bonchev–Trinajstić information content (AvgIpc) is 2.46. The first kappa shape index (κ1) is 8.43. The number of rotatable bonds is 2. The molecule has 0 amide bonds. The predicted molar refractivity (Wildman–Crippen MR) is 48.2 cm³/mol. The predicted octanol–water partition coefficient (Wildman–Crippen LogP) is -0.862. The standard InChI is InChI=1S/C7H14N6/c1-3-7(8)4-13(5-7)6-9-10-11-12(6)2/h3-5,8H2,1-2H3. The lowest BCUT2D eigenvalue weighted by Gasteiger charge is -2.47. The summed E-state index contributed by atoms with van der Waals surface area (Å²) in [7, 11) is 1.83. The minimum atomic E-state index is -0.0358. The normalized spacial score (nSPS) is 20.1. The van der Waals surface area contributed by atoms with E-state index in [-0.39, 0.29) is 5.54 Å². The van der Waals surface area contributed by atoms with Crippen LogP contribution in [-0.4, -0.2) is 38.8 Å². The van der Waals surface area contributed by atoms with Crippen molar-refractivity contribution in [3.05, 3.63) is 0 Å². The fourth-order valence-corrected chi connectivity index (χ4v) is 1.57. The van der Waals surface area contributed by atoms with Crippen molar-refractivity contribution in [2.75, 3.05) is 18.0 Å².